The molecule has 144 valence electrons. The van der Waals surface area contributed by atoms with Gasteiger partial charge in [-0.3, -0.25) is 4.79 Å². The quantitative estimate of drug-likeness (QED) is 0.813. The van der Waals surface area contributed by atoms with E-state index < -0.39 is 5.60 Å². The Labute approximate surface area is 157 Å². The van der Waals surface area contributed by atoms with Crippen LogP contribution in [-0.4, -0.2) is 34.6 Å². The van der Waals surface area contributed by atoms with E-state index in [9.17, 15) is 9.90 Å². The minimum Gasteiger partial charge on any atom is -0.507 e. The molecular formula is C22H33NO3. The number of hydrogen-bond acceptors (Lipinski definition) is 3. The van der Waals surface area contributed by atoms with Gasteiger partial charge in [0.1, 0.15) is 11.5 Å². The molecule has 2 aliphatic rings. The Kier molecular flexibility index (Phi) is 4.33. The van der Waals surface area contributed by atoms with Crippen molar-refractivity contribution in [2.75, 3.05) is 13.1 Å². The standard InChI is InChI=1S/C22H33NO3/c1-20(2,3)15-12-16-14(17(18(15)24)21(4,5)6)13-22(7,26-16)19(25)23-10-8-9-11-23/h12,24H,8-11,13H2,1-7H3. The monoisotopic (exact) mass is 359 g/mol. The molecule has 1 amide bonds. The zero-order valence-corrected chi connectivity index (χ0v) is 17.3. The van der Waals surface area contributed by atoms with Crippen LogP contribution in [0.1, 0.15) is 78.0 Å². The van der Waals surface area contributed by atoms with Gasteiger partial charge in [-0.05, 0) is 36.7 Å². The van der Waals surface area contributed by atoms with Gasteiger partial charge in [-0.15, -0.1) is 0 Å². The SMILES string of the molecule is CC1(C(=O)N2CCCC2)Cc2c(cc(C(C)(C)C)c(O)c2C(C)(C)C)O1. The molecule has 1 N–H and O–H groups in total. The maximum absolute atomic E-state index is 13.1. The minimum atomic E-state index is -0.879. The van der Waals surface area contributed by atoms with Crippen LogP contribution >= 0.6 is 0 Å². The Morgan fingerprint density at radius 3 is 2.19 bits per heavy atom. The van der Waals surface area contributed by atoms with Gasteiger partial charge >= 0.3 is 0 Å². The third-order valence-corrected chi connectivity index (χ3v) is 5.62. The number of likely N-dealkylation sites (tertiary alicyclic amines) is 1. The number of rotatable bonds is 1. The molecule has 4 nitrogen and oxygen atoms in total. The van der Waals surface area contributed by atoms with E-state index in [0.717, 1.165) is 48.4 Å². The Morgan fingerprint density at radius 1 is 1.12 bits per heavy atom. The van der Waals surface area contributed by atoms with Crippen molar-refractivity contribution in [3.63, 3.8) is 0 Å². The Balaban J connectivity index is 2.10. The molecular weight excluding hydrogens is 326 g/mol. The van der Waals surface area contributed by atoms with Gasteiger partial charge in [0.2, 0.25) is 0 Å². The summed E-state index contributed by atoms with van der Waals surface area (Å²) in [6.45, 7) is 16.1. The second kappa shape index (κ2) is 5.90. The fourth-order valence-corrected chi connectivity index (χ4v) is 4.32. The van der Waals surface area contributed by atoms with Crippen molar-refractivity contribution in [1.82, 2.24) is 4.90 Å². The average Bonchev–Trinajstić information content (AvgIpc) is 3.10. The first kappa shape index (κ1) is 19.1. The van der Waals surface area contributed by atoms with E-state index in [4.69, 9.17) is 4.74 Å². The molecule has 3 rings (SSSR count). The van der Waals surface area contributed by atoms with Crippen LogP contribution in [0.25, 0.3) is 0 Å². The molecule has 2 aliphatic heterocycles. The summed E-state index contributed by atoms with van der Waals surface area (Å²) in [6.07, 6.45) is 2.65. The van der Waals surface area contributed by atoms with Gasteiger partial charge < -0.3 is 14.7 Å². The molecule has 1 atom stereocenters. The van der Waals surface area contributed by atoms with Gasteiger partial charge in [-0.1, -0.05) is 41.5 Å². The fourth-order valence-electron chi connectivity index (χ4n) is 4.32. The molecule has 0 bridgehead atoms. The van der Waals surface area contributed by atoms with Gasteiger partial charge in [-0.25, -0.2) is 0 Å². The Bertz CT molecular complexity index is 733. The second-order valence-electron chi connectivity index (χ2n) is 10.1. The number of phenols is 1. The molecule has 0 spiro atoms. The number of hydrogen-bond donors (Lipinski definition) is 1. The van der Waals surface area contributed by atoms with Crippen LogP contribution in [0, 0.1) is 0 Å². The largest absolute Gasteiger partial charge is 0.507 e. The van der Waals surface area contributed by atoms with E-state index in [2.05, 4.69) is 41.5 Å². The minimum absolute atomic E-state index is 0.0721. The lowest BCUT2D eigenvalue weighted by Crippen LogP contribution is -2.49. The Morgan fingerprint density at radius 2 is 1.69 bits per heavy atom. The zero-order chi connectivity index (χ0) is 19.5. The number of phenolic OH excluding ortho intramolecular Hbond substituents is 1. The lowest BCUT2D eigenvalue weighted by molar-refractivity contribution is -0.144. The van der Waals surface area contributed by atoms with Gasteiger partial charge in [0.15, 0.2) is 5.60 Å². The molecule has 1 aromatic rings. The summed E-state index contributed by atoms with van der Waals surface area (Å²) in [4.78, 5) is 15.0. The highest BCUT2D eigenvalue weighted by atomic mass is 16.5. The summed E-state index contributed by atoms with van der Waals surface area (Å²) in [7, 11) is 0. The third kappa shape index (κ3) is 3.08. The lowest BCUT2D eigenvalue weighted by atomic mass is 9.76. The number of carbonyl (C=O) groups excluding carboxylic acids is 1. The summed E-state index contributed by atoms with van der Waals surface area (Å²) < 4.78 is 6.29. The zero-order valence-electron chi connectivity index (χ0n) is 17.3. The smallest absolute Gasteiger partial charge is 0.266 e. The van der Waals surface area contributed by atoms with Crippen molar-refractivity contribution in [1.29, 1.82) is 0 Å². The fraction of sp³-hybridized carbons (Fsp3) is 0.682. The highest BCUT2D eigenvalue weighted by molar-refractivity contribution is 5.87. The summed E-state index contributed by atoms with van der Waals surface area (Å²) >= 11 is 0. The number of ether oxygens (including phenoxy) is 1. The van der Waals surface area contributed by atoms with Crippen molar-refractivity contribution in [2.45, 2.75) is 84.2 Å². The molecule has 1 fully saturated rings. The molecule has 0 aliphatic carbocycles. The highest BCUT2D eigenvalue weighted by Gasteiger charge is 2.47. The van der Waals surface area contributed by atoms with Crippen LogP contribution in [0.5, 0.6) is 11.5 Å². The molecule has 0 saturated carbocycles. The number of aromatic hydroxyl groups is 1. The number of benzene rings is 1. The van der Waals surface area contributed by atoms with Crippen LogP contribution in [0.4, 0.5) is 0 Å². The van der Waals surface area contributed by atoms with Crippen LogP contribution in [0.3, 0.4) is 0 Å². The predicted octanol–water partition coefficient (Wildman–Crippen LogP) is 4.30. The van der Waals surface area contributed by atoms with Crippen LogP contribution in [0.15, 0.2) is 6.07 Å². The molecule has 1 aromatic carbocycles. The van der Waals surface area contributed by atoms with Crippen LogP contribution in [0.2, 0.25) is 0 Å². The maximum Gasteiger partial charge on any atom is 0.266 e. The number of carbonyl (C=O) groups is 1. The van der Waals surface area contributed by atoms with E-state index >= 15 is 0 Å². The number of amides is 1. The van der Waals surface area contributed by atoms with Gasteiger partial charge in [0.05, 0.1) is 0 Å². The van der Waals surface area contributed by atoms with E-state index in [1.54, 1.807) is 0 Å². The number of nitrogens with zero attached hydrogens (tertiary/aromatic N) is 1. The molecule has 0 radical (unpaired) electrons. The van der Waals surface area contributed by atoms with Crippen LogP contribution < -0.4 is 4.74 Å². The summed E-state index contributed by atoms with van der Waals surface area (Å²) in [6, 6.07) is 1.95. The molecule has 26 heavy (non-hydrogen) atoms. The van der Waals surface area contributed by atoms with E-state index in [1.807, 2.05) is 17.9 Å². The average molecular weight is 360 g/mol. The van der Waals surface area contributed by atoms with Crippen molar-refractivity contribution in [3.05, 3.63) is 22.8 Å². The summed E-state index contributed by atoms with van der Waals surface area (Å²) in [5.41, 5.74) is 1.45. The van der Waals surface area contributed by atoms with Gasteiger partial charge in [-0.2, -0.15) is 0 Å². The number of fused-ring (bicyclic) bond motifs is 1. The molecule has 1 saturated heterocycles. The normalized spacial score (nSPS) is 23.1. The third-order valence-electron chi connectivity index (χ3n) is 5.62. The second-order valence-corrected chi connectivity index (χ2v) is 10.1. The summed E-state index contributed by atoms with van der Waals surface area (Å²) in [5, 5.41) is 11.1. The topological polar surface area (TPSA) is 49.8 Å². The molecule has 2 heterocycles. The van der Waals surface area contributed by atoms with Gasteiger partial charge in [0.25, 0.3) is 5.91 Å². The molecule has 4 heteroatoms. The van der Waals surface area contributed by atoms with Crippen molar-refractivity contribution < 1.29 is 14.6 Å². The first-order chi connectivity index (χ1) is 11.8. The highest BCUT2D eigenvalue weighted by Crippen LogP contribution is 2.49. The van der Waals surface area contributed by atoms with E-state index in [-0.39, 0.29) is 16.7 Å². The van der Waals surface area contributed by atoms with Crippen molar-refractivity contribution in [3.8, 4) is 11.5 Å². The lowest BCUT2D eigenvalue weighted by Gasteiger charge is -2.29. The molecule has 0 aromatic heterocycles. The summed E-state index contributed by atoms with van der Waals surface area (Å²) in [5.74, 6) is 1.18. The van der Waals surface area contributed by atoms with Crippen molar-refractivity contribution >= 4 is 5.91 Å². The van der Waals surface area contributed by atoms with Crippen molar-refractivity contribution in [2.24, 2.45) is 0 Å². The van der Waals surface area contributed by atoms with Crippen LogP contribution in [-0.2, 0) is 22.0 Å². The van der Waals surface area contributed by atoms with E-state index in [0.29, 0.717) is 12.2 Å². The van der Waals surface area contributed by atoms with Gasteiger partial charge in [0, 0.05) is 36.2 Å². The first-order valence-corrected chi connectivity index (χ1v) is 9.73. The molecule has 1 unspecified atom stereocenters. The predicted molar refractivity (Wildman–Crippen MR) is 104 cm³/mol. The van der Waals surface area contributed by atoms with E-state index in [1.165, 1.54) is 0 Å². The first-order valence-electron chi connectivity index (χ1n) is 9.73. The Hall–Kier alpha value is -1.71. The maximum atomic E-state index is 13.1.